The fraction of sp³-hybridized carbons (Fsp3) is 0.500. The van der Waals surface area contributed by atoms with E-state index in [1.54, 1.807) is 23.9 Å². The van der Waals surface area contributed by atoms with Gasteiger partial charge in [0, 0.05) is 29.0 Å². The van der Waals surface area contributed by atoms with Crippen LogP contribution in [0.5, 0.6) is 0 Å². The Morgan fingerprint density at radius 3 is 3.00 bits per heavy atom. The van der Waals surface area contributed by atoms with Gasteiger partial charge in [0.25, 0.3) is 0 Å². The van der Waals surface area contributed by atoms with E-state index in [-0.39, 0.29) is 11.9 Å². The second-order valence-corrected chi connectivity index (χ2v) is 7.40. The van der Waals surface area contributed by atoms with Crippen molar-refractivity contribution in [3.63, 3.8) is 0 Å². The number of nitrogens with two attached hydrogens (primary N) is 1. The lowest BCUT2D eigenvalue weighted by Crippen LogP contribution is -2.42. The molecule has 0 aromatic heterocycles. The van der Waals surface area contributed by atoms with Gasteiger partial charge in [-0.15, -0.1) is 11.8 Å². The Hall–Kier alpha value is -1.23. The topological polar surface area (TPSA) is 82.1 Å². The number of unbranched alkanes of at least 4 members (excludes halogenated alkanes) is 1. The number of hydrogen-bond acceptors (Lipinski definition) is 5. The third-order valence-electron chi connectivity index (χ3n) is 3.74. The molecule has 1 aromatic rings. The average molecular weight is 397 g/mol. The predicted octanol–water partition coefficient (Wildman–Crippen LogP) is 2.76. The quantitative estimate of drug-likeness (QED) is 0.692. The van der Waals surface area contributed by atoms with E-state index in [1.165, 1.54) is 0 Å². The number of benzene rings is 1. The molecule has 0 unspecified atom stereocenters. The number of carbonyl (C=O) groups excluding carboxylic acids is 1. The van der Waals surface area contributed by atoms with Crippen LogP contribution >= 0.6 is 27.7 Å². The van der Waals surface area contributed by atoms with Crippen LogP contribution in [0, 0.1) is 11.3 Å². The number of nitriles is 1. The maximum Gasteiger partial charge on any atom is 0.240 e. The first-order chi connectivity index (χ1) is 11.1. The van der Waals surface area contributed by atoms with Gasteiger partial charge in [-0.05, 0) is 53.4 Å². The van der Waals surface area contributed by atoms with E-state index in [0.717, 1.165) is 54.1 Å². The number of anilines is 1. The molecule has 1 aromatic carbocycles. The Morgan fingerprint density at radius 1 is 1.52 bits per heavy atom. The van der Waals surface area contributed by atoms with Gasteiger partial charge in [0.1, 0.15) is 0 Å². The molecule has 0 bridgehead atoms. The summed E-state index contributed by atoms with van der Waals surface area (Å²) in [6.07, 6.45) is 2.58. The van der Waals surface area contributed by atoms with E-state index < -0.39 is 0 Å². The zero-order chi connectivity index (χ0) is 16.7. The zero-order valence-electron chi connectivity index (χ0n) is 12.9. The number of carbonyl (C=O) groups is 1. The second kappa shape index (κ2) is 9.16. The number of halogens is 1. The summed E-state index contributed by atoms with van der Waals surface area (Å²) in [6.45, 7) is 1.64. The average Bonchev–Trinajstić information content (AvgIpc) is 3.09. The summed E-state index contributed by atoms with van der Waals surface area (Å²) in [6, 6.07) is 7.20. The van der Waals surface area contributed by atoms with Crippen molar-refractivity contribution in [1.29, 1.82) is 5.26 Å². The Morgan fingerprint density at radius 2 is 2.35 bits per heavy atom. The van der Waals surface area contributed by atoms with Crippen molar-refractivity contribution >= 4 is 39.3 Å². The van der Waals surface area contributed by atoms with Crippen LogP contribution in [0.4, 0.5) is 5.69 Å². The summed E-state index contributed by atoms with van der Waals surface area (Å²) >= 11 is 5.23. The first kappa shape index (κ1) is 18.1. The molecular formula is C16H21BrN4OS. The summed E-state index contributed by atoms with van der Waals surface area (Å²) in [5.41, 5.74) is 7.59. The zero-order valence-corrected chi connectivity index (χ0v) is 15.3. The molecule has 1 saturated heterocycles. The van der Waals surface area contributed by atoms with Gasteiger partial charge in [-0.1, -0.05) is 0 Å². The molecule has 0 saturated carbocycles. The minimum absolute atomic E-state index is 0.0813. The van der Waals surface area contributed by atoms with Crippen molar-refractivity contribution in [3.8, 4) is 6.07 Å². The summed E-state index contributed by atoms with van der Waals surface area (Å²) in [5.74, 6) is 1.88. The maximum atomic E-state index is 12.1. The van der Waals surface area contributed by atoms with Crippen molar-refractivity contribution in [2.45, 2.75) is 25.3 Å². The molecule has 3 N–H and O–H groups in total. The van der Waals surface area contributed by atoms with Crippen molar-refractivity contribution in [2.24, 2.45) is 5.73 Å². The largest absolute Gasteiger partial charge is 0.384 e. The van der Waals surface area contributed by atoms with E-state index in [4.69, 9.17) is 11.0 Å². The molecule has 1 aliphatic heterocycles. The number of nitrogens with one attached hydrogen (secondary N) is 1. The molecule has 1 aliphatic rings. The number of hydrogen-bond donors (Lipinski definition) is 2. The fourth-order valence-corrected chi connectivity index (χ4v) is 3.86. The van der Waals surface area contributed by atoms with E-state index in [0.29, 0.717) is 5.56 Å². The Kier molecular flexibility index (Phi) is 7.21. The van der Waals surface area contributed by atoms with Crippen LogP contribution < -0.4 is 11.1 Å². The van der Waals surface area contributed by atoms with Gasteiger partial charge in [-0.3, -0.25) is 4.79 Å². The summed E-state index contributed by atoms with van der Waals surface area (Å²) in [4.78, 5) is 13.9. The van der Waals surface area contributed by atoms with Crippen LogP contribution in [0.15, 0.2) is 22.7 Å². The smallest absolute Gasteiger partial charge is 0.240 e. The van der Waals surface area contributed by atoms with Crippen LogP contribution in [0.1, 0.15) is 24.8 Å². The van der Waals surface area contributed by atoms with Crippen LogP contribution in [-0.2, 0) is 4.79 Å². The first-order valence-electron chi connectivity index (χ1n) is 7.67. The lowest BCUT2D eigenvalue weighted by Gasteiger charge is -2.19. The van der Waals surface area contributed by atoms with Crippen LogP contribution in [0.3, 0.4) is 0 Å². The first-order valence-corrected chi connectivity index (χ1v) is 9.62. The minimum Gasteiger partial charge on any atom is -0.384 e. The Bertz CT molecular complexity index is 584. The highest BCUT2D eigenvalue weighted by Crippen LogP contribution is 2.23. The normalized spacial score (nSPS) is 15.3. The summed E-state index contributed by atoms with van der Waals surface area (Å²) in [7, 11) is 0. The number of rotatable bonds is 7. The lowest BCUT2D eigenvalue weighted by atomic mass is 10.1. The number of thioether (sulfide) groups is 1. The molecule has 2 rings (SSSR count). The van der Waals surface area contributed by atoms with Crippen molar-refractivity contribution in [3.05, 3.63) is 28.2 Å². The van der Waals surface area contributed by atoms with Crippen molar-refractivity contribution in [1.82, 2.24) is 4.90 Å². The second-order valence-electron chi connectivity index (χ2n) is 5.47. The Labute approximate surface area is 149 Å². The molecule has 1 amide bonds. The SMILES string of the molecule is N#Cc1ccc(NCCCC[C@H](N)C(=O)N2CCSC2)c(Br)c1. The van der Waals surface area contributed by atoms with Crippen molar-refractivity contribution in [2.75, 3.05) is 30.0 Å². The van der Waals surface area contributed by atoms with Gasteiger partial charge in [0.2, 0.25) is 5.91 Å². The highest BCUT2D eigenvalue weighted by atomic mass is 79.9. The van der Waals surface area contributed by atoms with Gasteiger partial charge in [0.15, 0.2) is 0 Å². The van der Waals surface area contributed by atoms with Gasteiger partial charge in [-0.25, -0.2) is 0 Å². The van der Waals surface area contributed by atoms with Gasteiger partial charge in [-0.2, -0.15) is 5.26 Å². The van der Waals surface area contributed by atoms with Gasteiger partial charge in [0.05, 0.1) is 23.6 Å². The van der Waals surface area contributed by atoms with Crippen LogP contribution in [0.25, 0.3) is 0 Å². The van der Waals surface area contributed by atoms with E-state index >= 15 is 0 Å². The molecular weight excluding hydrogens is 376 g/mol. The molecule has 0 radical (unpaired) electrons. The van der Waals surface area contributed by atoms with E-state index in [1.807, 2.05) is 11.0 Å². The molecule has 0 spiro atoms. The lowest BCUT2D eigenvalue weighted by molar-refractivity contribution is -0.131. The molecule has 1 atom stereocenters. The third kappa shape index (κ3) is 5.41. The molecule has 124 valence electrons. The molecule has 23 heavy (non-hydrogen) atoms. The Balaban J connectivity index is 1.65. The van der Waals surface area contributed by atoms with Crippen LogP contribution in [-0.4, -0.2) is 41.6 Å². The molecule has 7 heteroatoms. The van der Waals surface area contributed by atoms with E-state index in [2.05, 4.69) is 27.3 Å². The van der Waals surface area contributed by atoms with Crippen LogP contribution in [0.2, 0.25) is 0 Å². The molecule has 0 aliphatic carbocycles. The van der Waals surface area contributed by atoms with Gasteiger partial charge >= 0.3 is 0 Å². The van der Waals surface area contributed by atoms with E-state index in [9.17, 15) is 4.79 Å². The third-order valence-corrected chi connectivity index (χ3v) is 5.36. The minimum atomic E-state index is -0.379. The molecule has 5 nitrogen and oxygen atoms in total. The summed E-state index contributed by atoms with van der Waals surface area (Å²) in [5, 5.41) is 12.2. The highest BCUT2D eigenvalue weighted by molar-refractivity contribution is 9.10. The predicted molar refractivity (Wildman–Crippen MR) is 98.2 cm³/mol. The van der Waals surface area contributed by atoms with Gasteiger partial charge < -0.3 is 16.0 Å². The molecule has 1 fully saturated rings. The molecule has 1 heterocycles. The van der Waals surface area contributed by atoms with Crippen molar-refractivity contribution < 1.29 is 4.79 Å². The number of amides is 1. The monoisotopic (exact) mass is 396 g/mol. The standard InChI is InChI=1S/C16H21BrN4OS/c17-13-9-12(10-18)4-5-15(13)20-6-2-1-3-14(19)16(22)21-7-8-23-11-21/h4-5,9,14,20H,1-3,6-8,11,19H2/t14-/m0/s1. The highest BCUT2D eigenvalue weighted by Gasteiger charge is 2.23. The number of nitrogens with zero attached hydrogens (tertiary/aromatic N) is 2. The maximum absolute atomic E-state index is 12.1. The summed E-state index contributed by atoms with van der Waals surface area (Å²) < 4.78 is 0.884. The fourth-order valence-electron chi connectivity index (χ4n) is 2.39.